The average Bonchev–Trinajstić information content (AvgIpc) is 2.88. The minimum Gasteiger partial charge on any atom is -0.325 e. The lowest BCUT2D eigenvalue weighted by Crippen LogP contribution is -2.36. The molecule has 17 heavy (non-hydrogen) atoms. The largest absolute Gasteiger partial charge is 0.325 e. The normalized spacial score (nSPS) is 26.4. The van der Waals surface area contributed by atoms with E-state index in [4.69, 9.17) is 23.2 Å². The summed E-state index contributed by atoms with van der Waals surface area (Å²) in [5.74, 6) is 0.0546. The summed E-state index contributed by atoms with van der Waals surface area (Å²) in [5, 5.41) is 7.23. The van der Waals surface area contributed by atoms with E-state index in [0.717, 1.165) is 29.8 Å². The maximum Gasteiger partial charge on any atom is 0.236 e. The standard InChI is InChI=1S/C12H12Cl2N2O/c1-6-9(14)8(13)4-7-10(6)16-11(17)12(7)2-3-15-5-12/h4,15H,2-3,5H2,1H3,(H,16,17). The van der Waals surface area contributed by atoms with E-state index < -0.39 is 5.41 Å². The molecule has 0 saturated carbocycles. The molecule has 3 nitrogen and oxygen atoms in total. The first-order valence-corrected chi connectivity index (χ1v) is 6.33. The molecule has 0 aromatic heterocycles. The summed E-state index contributed by atoms with van der Waals surface area (Å²) in [7, 11) is 0. The Morgan fingerprint density at radius 3 is 2.82 bits per heavy atom. The zero-order valence-electron chi connectivity index (χ0n) is 9.36. The summed E-state index contributed by atoms with van der Waals surface area (Å²) >= 11 is 12.2. The summed E-state index contributed by atoms with van der Waals surface area (Å²) in [4.78, 5) is 12.2. The molecule has 1 fully saturated rings. The van der Waals surface area contributed by atoms with Crippen LogP contribution in [0.25, 0.3) is 0 Å². The van der Waals surface area contributed by atoms with E-state index >= 15 is 0 Å². The second-order valence-electron chi connectivity index (χ2n) is 4.68. The zero-order valence-corrected chi connectivity index (χ0v) is 10.9. The molecular weight excluding hydrogens is 259 g/mol. The molecule has 2 N–H and O–H groups in total. The zero-order chi connectivity index (χ0) is 12.2. The molecule has 2 aliphatic heterocycles. The number of fused-ring (bicyclic) bond motifs is 2. The lowest BCUT2D eigenvalue weighted by atomic mass is 9.80. The van der Waals surface area contributed by atoms with Crippen LogP contribution in [0.1, 0.15) is 17.5 Å². The number of anilines is 1. The number of amides is 1. The predicted octanol–water partition coefficient (Wildman–Crippen LogP) is 2.49. The van der Waals surface area contributed by atoms with Crippen LogP contribution in [0, 0.1) is 6.92 Å². The van der Waals surface area contributed by atoms with Gasteiger partial charge < -0.3 is 10.6 Å². The first kappa shape index (κ1) is 11.3. The fourth-order valence-electron chi connectivity index (χ4n) is 2.76. The summed E-state index contributed by atoms with van der Waals surface area (Å²) in [6.45, 7) is 3.41. The second kappa shape index (κ2) is 3.61. The van der Waals surface area contributed by atoms with Crippen molar-refractivity contribution in [3.05, 3.63) is 27.2 Å². The van der Waals surface area contributed by atoms with Crippen molar-refractivity contribution in [3.63, 3.8) is 0 Å². The van der Waals surface area contributed by atoms with Crippen LogP contribution in [0.3, 0.4) is 0 Å². The van der Waals surface area contributed by atoms with Gasteiger partial charge in [0.05, 0.1) is 15.5 Å². The molecule has 0 aliphatic carbocycles. The molecular formula is C12H12Cl2N2O. The number of benzene rings is 1. The number of carbonyl (C=O) groups is 1. The average molecular weight is 271 g/mol. The molecule has 0 bridgehead atoms. The topological polar surface area (TPSA) is 41.1 Å². The van der Waals surface area contributed by atoms with E-state index in [1.807, 2.05) is 13.0 Å². The van der Waals surface area contributed by atoms with Crippen LogP contribution in [0.2, 0.25) is 10.0 Å². The highest BCUT2D eigenvalue weighted by Crippen LogP contribution is 2.47. The van der Waals surface area contributed by atoms with Crippen molar-refractivity contribution in [3.8, 4) is 0 Å². The van der Waals surface area contributed by atoms with Gasteiger partial charge in [0.25, 0.3) is 0 Å². The van der Waals surface area contributed by atoms with Gasteiger partial charge in [0.15, 0.2) is 0 Å². The number of rotatable bonds is 0. The maximum absolute atomic E-state index is 12.2. The monoisotopic (exact) mass is 270 g/mol. The van der Waals surface area contributed by atoms with Gasteiger partial charge in [-0.15, -0.1) is 0 Å². The fourth-order valence-corrected chi connectivity index (χ4v) is 3.16. The Bertz CT molecular complexity index is 522. The van der Waals surface area contributed by atoms with E-state index in [0.29, 0.717) is 16.6 Å². The number of hydrogen-bond acceptors (Lipinski definition) is 2. The van der Waals surface area contributed by atoms with Gasteiger partial charge >= 0.3 is 0 Å². The fraction of sp³-hybridized carbons (Fsp3) is 0.417. The van der Waals surface area contributed by atoms with Crippen LogP contribution in [-0.2, 0) is 10.2 Å². The van der Waals surface area contributed by atoms with Crippen LogP contribution >= 0.6 is 23.2 Å². The molecule has 2 heterocycles. The lowest BCUT2D eigenvalue weighted by Gasteiger charge is -2.20. The van der Waals surface area contributed by atoms with E-state index in [-0.39, 0.29) is 5.91 Å². The number of nitrogens with one attached hydrogen (secondary N) is 2. The van der Waals surface area contributed by atoms with Gasteiger partial charge in [-0.05, 0) is 37.1 Å². The van der Waals surface area contributed by atoms with Crippen LogP contribution in [-0.4, -0.2) is 19.0 Å². The first-order chi connectivity index (χ1) is 8.06. The third-order valence-corrected chi connectivity index (χ3v) is 4.68. The molecule has 90 valence electrons. The molecule has 1 atom stereocenters. The van der Waals surface area contributed by atoms with Crippen LogP contribution in [0.4, 0.5) is 5.69 Å². The lowest BCUT2D eigenvalue weighted by molar-refractivity contribution is -0.120. The Morgan fingerprint density at radius 1 is 1.41 bits per heavy atom. The number of hydrogen-bond donors (Lipinski definition) is 2. The van der Waals surface area contributed by atoms with Gasteiger partial charge in [-0.2, -0.15) is 0 Å². The minimum atomic E-state index is -0.450. The first-order valence-electron chi connectivity index (χ1n) is 5.57. The number of carbonyl (C=O) groups excluding carboxylic acids is 1. The molecule has 2 aliphatic rings. The smallest absolute Gasteiger partial charge is 0.236 e. The van der Waals surface area contributed by atoms with E-state index in [1.54, 1.807) is 0 Å². The Morgan fingerprint density at radius 2 is 2.18 bits per heavy atom. The highest BCUT2D eigenvalue weighted by Gasteiger charge is 2.49. The van der Waals surface area contributed by atoms with Crippen LogP contribution in [0.15, 0.2) is 6.07 Å². The Balaban J connectivity index is 2.26. The van der Waals surface area contributed by atoms with Gasteiger partial charge in [-0.1, -0.05) is 23.2 Å². The van der Waals surface area contributed by atoms with Gasteiger partial charge in [0.2, 0.25) is 5.91 Å². The summed E-state index contributed by atoms with van der Waals surface area (Å²) in [6, 6.07) is 1.83. The van der Waals surface area contributed by atoms with Gasteiger partial charge in [0, 0.05) is 12.2 Å². The summed E-state index contributed by atoms with van der Waals surface area (Å²) in [6.07, 6.45) is 0.809. The molecule has 1 amide bonds. The quantitative estimate of drug-likeness (QED) is 0.761. The molecule has 1 saturated heterocycles. The maximum atomic E-state index is 12.2. The van der Waals surface area contributed by atoms with Gasteiger partial charge in [-0.3, -0.25) is 4.79 Å². The van der Waals surface area contributed by atoms with Gasteiger partial charge in [-0.25, -0.2) is 0 Å². The van der Waals surface area contributed by atoms with Crippen molar-refractivity contribution in [1.82, 2.24) is 5.32 Å². The minimum absolute atomic E-state index is 0.0546. The Labute approximate surface area is 109 Å². The van der Waals surface area contributed by atoms with Crippen molar-refractivity contribution in [1.29, 1.82) is 0 Å². The van der Waals surface area contributed by atoms with Crippen molar-refractivity contribution in [2.24, 2.45) is 0 Å². The highest BCUT2D eigenvalue weighted by molar-refractivity contribution is 6.43. The summed E-state index contributed by atoms with van der Waals surface area (Å²) in [5.41, 5.74) is 2.23. The number of halogens is 2. The van der Waals surface area contributed by atoms with Crippen molar-refractivity contribution >= 4 is 34.8 Å². The van der Waals surface area contributed by atoms with Crippen molar-refractivity contribution < 1.29 is 4.79 Å². The van der Waals surface area contributed by atoms with Crippen molar-refractivity contribution in [2.45, 2.75) is 18.8 Å². The third-order valence-electron chi connectivity index (χ3n) is 3.80. The van der Waals surface area contributed by atoms with Gasteiger partial charge in [0.1, 0.15) is 0 Å². The van der Waals surface area contributed by atoms with Crippen molar-refractivity contribution in [2.75, 3.05) is 18.4 Å². The second-order valence-corrected chi connectivity index (χ2v) is 5.47. The van der Waals surface area contributed by atoms with E-state index in [2.05, 4.69) is 10.6 Å². The molecule has 1 unspecified atom stereocenters. The molecule has 1 aromatic carbocycles. The molecule has 1 aromatic rings. The predicted molar refractivity (Wildman–Crippen MR) is 69.0 cm³/mol. The Kier molecular flexibility index (Phi) is 2.41. The van der Waals surface area contributed by atoms with Crippen LogP contribution < -0.4 is 10.6 Å². The van der Waals surface area contributed by atoms with Crippen LogP contribution in [0.5, 0.6) is 0 Å². The third kappa shape index (κ3) is 1.36. The molecule has 0 radical (unpaired) electrons. The summed E-state index contributed by atoms with van der Waals surface area (Å²) < 4.78 is 0. The van der Waals surface area contributed by atoms with E-state index in [9.17, 15) is 4.79 Å². The SMILES string of the molecule is Cc1c(Cl)c(Cl)cc2c1NC(=O)C21CCNC1. The molecule has 5 heteroatoms. The Hall–Kier alpha value is -0.770. The molecule has 1 spiro atoms. The molecule has 3 rings (SSSR count). The van der Waals surface area contributed by atoms with E-state index in [1.165, 1.54) is 0 Å². The highest BCUT2D eigenvalue weighted by atomic mass is 35.5.